The third kappa shape index (κ3) is 10.3. The Morgan fingerprint density at radius 3 is 1.48 bits per heavy atom. The molecule has 0 bridgehead atoms. The molecule has 0 aliphatic rings. The Morgan fingerprint density at radius 2 is 1.11 bits per heavy atom. The number of benzene rings is 2. The number of rotatable bonds is 14. The van der Waals surface area contributed by atoms with Crippen LogP contribution in [0, 0.1) is 0 Å². The molecule has 27 heavy (non-hydrogen) atoms. The highest BCUT2D eigenvalue weighted by atomic mass is 33.5. The lowest BCUT2D eigenvalue weighted by molar-refractivity contribution is 0.438. The molecular weight excluding hydrogens is 425 g/mol. The minimum atomic E-state index is -0.481. The van der Waals surface area contributed by atoms with Crippen LogP contribution in [0.5, 0.6) is 0 Å². The molecule has 2 aromatic rings. The van der Waals surface area contributed by atoms with Gasteiger partial charge in [-0.05, 0) is 46.6 Å². The molecule has 148 valence electrons. The molecule has 0 fully saturated rings. The van der Waals surface area contributed by atoms with Gasteiger partial charge < -0.3 is 8.85 Å². The predicted molar refractivity (Wildman–Crippen MR) is 131 cm³/mol. The van der Waals surface area contributed by atoms with Crippen molar-refractivity contribution in [2.24, 2.45) is 0 Å². The summed E-state index contributed by atoms with van der Waals surface area (Å²) < 4.78 is 11.2. The van der Waals surface area contributed by atoms with E-state index in [1.54, 1.807) is 0 Å². The molecule has 0 aromatic heterocycles. The molecule has 0 aliphatic carbocycles. The summed E-state index contributed by atoms with van der Waals surface area (Å²) in [4.78, 5) is 1.32. The highest BCUT2D eigenvalue weighted by molar-refractivity contribution is 9.09. The molecule has 0 heterocycles. The van der Waals surface area contributed by atoms with E-state index in [0.29, 0.717) is 9.75 Å². The molecule has 2 rings (SSSR count). The maximum Gasteiger partial charge on any atom is 0.174 e. The van der Waals surface area contributed by atoms with Crippen LogP contribution in [0.4, 0.5) is 0 Å². The first-order valence-corrected chi connectivity index (χ1v) is 15.8. The van der Waals surface area contributed by atoms with Gasteiger partial charge in [0, 0.05) is 24.0 Å². The Morgan fingerprint density at radius 1 is 0.704 bits per heavy atom. The number of aryl methyl sites for hydroxylation is 2. The average molecular weight is 455 g/mol. The van der Waals surface area contributed by atoms with E-state index in [2.05, 4.69) is 60.7 Å². The molecule has 0 saturated heterocycles. The first-order chi connectivity index (χ1) is 13.3. The topological polar surface area (TPSA) is 18.5 Å². The molecule has 0 aliphatic heterocycles. The highest BCUT2D eigenvalue weighted by Gasteiger charge is 2.15. The van der Waals surface area contributed by atoms with Crippen molar-refractivity contribution in [1.29, 1.82) is 0 Å². The zero-order valence-electron chi connectivity index (χ0n) is 16.2. The smallest absolute Gasteiger partial charge is 0.174 e. The van der Waals surface area contributed by atoms with E-state index in [9.17, 15) is 0 Å². The second-order valence-corrected chi connectivity index (χ2v) is 16.1. The molecule has 0 radical (unpaired) electrons. The monoisotopic (exact) mass is 454 g/mol. The van der Waals surface area contributed by atoms with E-state index >= 15 is 0 Å². The largest absolute Gasteiger partial charge is 0.426 e. The van der Waals surface area contributed by atoms with E-state index in [0.717, 1.165) is 12.8 Å². The predicted octanol–water partition coefficient (Wildman–Crippen LogP) is 4.39. The van der Waals surface area contributed by atoms with Gasteiger partial charge in [0.1, 0.15) is 0 Å². The minimum Gasteiger partial charge on any atom is -0.426 e. The Balaban J connectivity index is 1.72. The molecule has 2 nitrogen and oxygen atoms in total. The third-order valence-corrected chi connectivity index (χ3v) is 14.4. The zero-order chi connectivity index (χ0) is 19.2. The van der Waals surface area contributed by atoms with Crippen LogP contribution in [-0.4, -0.2) is 43.5 Å². The van der Waals surface area contributed by atoms with Crippen LogP contribution in [0.2, 0.25) is 0 Å². The van der Waals surface area contributed by atoms with Crippen molar-refractivity contribution in [2.45, 2.75) is 35.4 Å². The van der Waals surface area contributed by atoms with Gasteiger partial charge in [0.15, 0.2) is 19.5 Å². The first-order valence-electron chi connectivity index (χ1n) is 9.36. The van der Waals surface area contributed by atoms with Crippen molar-refractivity contribution in [1.82, 2.24) is 0 Å². The van der Waals surface area contributed by atoms with Crippen LogP contribution in [0.1, 0.15) is 24.0 Å². The molecule has 0 spiro atoms. The Hall–Kier alpha value is -0.156. The van der Waals surface area contributed by atoms with Crippen LogP contribution < -0.4 is 0 Å². The highest BCUT2D eigenvalue weighted by Crippen LogP contribution is 2.42. The fraction of sp³-hybridized carbons (Fsp3) is 0.400. The Labute approximate surface area is 180 Å². The average Bonchev–Trinajstić information content (AvgIpc) is 2.71. The number of hydrogen-bond acceptors (Lipinski definition) is 5. The number of hydrogen-bond donors (Lipinski definition) is 0. The van der Waals surface area contributed by atoms with Gasteiger partial charge in [0.2, 0.25) is 0 Å². The molecule has 0 amide bonds. The standard InChI is InChI=1S/C20H30O2S3Si2/c1-21-26-19(15-13-17-9-5-3-6-10-17)23-25-24-20(27-22-2)16-14-18-11-7-4-8-12-18/h3-12,19-20H,13-16,26-27H2,1-2H3. The minimum absolute atomic E-state index is 0.481. The van der Waals surface area contributed by atoms with Gasteiger partial charge in [-0.15, -0.1) is 0 Å². The lowest BCUT2D eigenvalue weighted by Gasteiger charge is -2.17. The van der Waals surface area contributed by atoms with Crippen molar-refractivity contribution in [3.8, 4) is 0 Å². The summed E-state index contributed by atoms with van der Waals surface area (Å²) in [5.74, 6) is 0. The first kappa shape index (κ1) is 23.1. The normalized spacial score (nSPS) is 14.3. The van der Waals surface area contributed by atoms with E-state index in [-0.39, 0.29) is 0 Å². The quantitative estimate of drug-likeness (QED) is 0.310. The summed E-state index contributed by atoms with van der Waals surface area (Å²) in [6.45, 7) is 0. The second-order valence-electron chi connectivity index (χ2n) is 6.46. The summed E-state index contributed by atoms with van der Waals surface area (Å²) in [5.41, 5.74) is 2.86. The van der Waals surface area contributed by atoms with Crippen molar-refractivity contribution in [3.05, 3.63) is 71.8 Å². The molecule has 0 saturated carbocycles. The van der Waals surface area contributed by atoms with E-state index in [1.165, 1.54) is 24.0 Å². The Bertz CT molecular complexity index is 551. The van der Waals surface area contributed by atoms with Crippen LogP contribution in [0.3, 0.4) is 0 Å². The van der Waals surface area contributed by atoms with E-state index in [4.69, 9.17) is 8.85 Å². The zero-order valence-corrected chi connectivity index (χ0v) is 21.5. The second kappa shape index (κ2) is 14.8. The molecular formula is C20H30O2S3Si2. The molecule has 2 atom stereocenters. The van der Waals surface area contributed by atoms with Gasteiger partial charge in [-0.1, -0.05) is 82.3 Å². The van der Waals surface area contributed by atoms with Crippen LogP contribution in [-0.2, 0) is 21.7 Å². The van der Waals surface area contributed by atoms with Crippen LogP contribution in [0.25, 0.3) is 0 Å². The summed E-state index contributed by atoms with van der Waals surface area (Å²) in [6, 6.07) is 21.6. The van der Waals surface area contributed by atoms with Crippen LogP contribution >= 0.6 is 31.4 Å². The van der Waals surface area contributed by atoms with E-state index in [1.807, 2.05) is 45.6 Å². The lowest BCUT2D eigenvalue weighted by atomic mass is 10.1. The van der Waals surface area contributed by atoms with Gasteiger partial charge in [-0.2, -0.15) is 0 Å². The van der Waals surface area contributed by atoms with Crippen molar-refractivity contribution < 1.29 is 8.85 Å². The van der Waals surface area contributed by atoms with E-state index < -0.39 is 19.5 Å². The van der Waals surface area contributed by atoms with Crippen molar-refractivity contribution in [3.63, 3.8) is 0 Å². The van der Waals surface area contributed by atoms with Crippen molar-refractivity contribution in [2.75, 3.05) is 14.2 Å². The van der Waals surface area contributed by atoms with Crippen LogP contribution in [0.15, 0.2) is 60.7 Å². The summed E-state index contributed by atoms with van der Waals surface area (Å²) in [5, 5.41) is 0. The molecule has 2 unspecified atom stereocenters. The molecule has 0 N–H and O–H groups in total. The van der Waals surface area contributed by atoms with Crippen molar-refractivity contribution >= 4 is 50.9 Å². The fourth-order valence-electron chi connectivity index (χ4n) is 2.77. The van der Waals surface area contributed by atoms with Gasteiger partial charge in [0.05, 0.1) is 0 Å². The summed E-state index contributed by atoms with van der Waals surface area (Å²) >= 11 is 0. The SMILES string of the molecule is CO[SiH2]C(CCc1ccccc1)SSSC(CCc1ccccc1)[SiH2]OC. The maximum absolute atomic E-state index is 5.58. The van der Waals surface area contributed by atoms with Gasteiger partial charge in [0.25, 0.3) is 0 Å². The van der Waals surface area contributed by atoms with Gasteiger partial charge >= 0.3 is 0 Å². The molecule has 7 heteroatoms. The molecule has 2 aromatic carbocycles. The lowest BCUT2D eigenvalue weighted by Crippen LogP contribution is -2.16. The van der Waals surface area contributed by atoms with Gasteiger partial charge in [-0.3, -0.25) is 0 Å². The fourth-order valence-corrected chi connectivity index (χ4v) is 14.0. The third-order valence-electron chi connectivity index (χ3n) is 4.25. The Kier molecular flexibility index (Phi) is 12.7. The summed E-state index contributed by atoms with van der Waals surface area (Å²) in [6.07, 6.45) is 4.70. The summed E-state index contributed by atoms with van der Waals surface area (Å²) in [7, 11) is 8.77. The maximum atomic E-state index is 5.58. The van der Waals surface area contributed by atoms with Gasteiger partial charge in [-0.25, -0.2) is 0 Å².